The number of carboxylic acids is 1. The van der Waals surface area contributed by atoms with Gasteiger partial charge in [0, 0.05) is 23.7 Å². The smallest absolute Gasteiger partial charge is 0.490 e. The lowest BCUT2D eigenvalue weighted by Crippen LogP contribution is -2.55. The first kappa shape index (κ1) is 29.7. The minimum absolute atomic E-state index is 0.0345. The van der Waals surface area contributed by atoms with E-state index in [4.69, 9.17) is 30.8 Å². The second-order valence-corrected chi connectivity index (χ2v) is 9.30. The Balaban J connectivity index is 0.000000532. The van der Waals surface area contributed by atoms with Crippen LogP contribution >= 0.6 is 0 Å². The first-order valence-electron chi connectivity index (χ1n) is 12.3. The maximum Gasteiger partial charge on any atom is 0.490 e. The van der Waals surface area contributed by atoms with E-state index in [1.165, 1.54) is 0 Å². The molecule has 1 unspecified atom stereocenters. The molecule has 3 fully saturated rings. The van der Waals surface area contributed by atoms with Crippen molar-refractivity contribution in [1.29, 1.82) is 0 Å². The molecule has 3 aliphatic heterocycles. The Bertz CT molecular complexity index is 1220. The molecule has 3 aliphatic rings. The molecule has 1 aromatic carbocycles. The molecule has 0 amide bonds. The third-order valence-electron chi connectivity index (χ3n) is 6.90. The number of carbonyl (C=O) groups is 2. The zero-order chi connectivity index (χ0) is 28.7. The number of hydrogen-bond donors (Lipinski definition) is 3. The van der Waals surface area contributed by atoms with Crippen molar-refractivity contribution in [3.05, 3.63) is 48.7 Å². The van der Waals surface area contributed by atoms with Crippen molar-refractivity contribution in [2.45, 2.75) is 37.6 Å². The Hall–Kier alpha value is -3.87. The number of halogens is 3. The molecule has 0 aliphatic carbocycles. The number of pyridine rings is 1. The molecule has 0 saturated carbocycles. The predicted octanol–water partition coefficient (Wildman–Crippen LogP) is 3.02. The van der Waals surface area contributed by atoms with Gasteiger partial charge < -0.3 is 26.0 Å². The second kappa shape index (κ2) is 12.8. The number of ether oxygens (including phenoxy) is 2. The van der Waals surface area contributed by atoms with E-state index < -0.39 is 18.2 Å². The van der Waals surface area contributed by atoms with Crippen LogP contribution in [0.3, 0.4) is 0 Å². The Morgan fingerprint density at radius 3 is 2.62 bits per heavy atom. The van der Waals surface area contributed by atoms with Crippen molar-refractivity contribution < 1.29 is 37.3 Å². The molecule has 2 bridgehead atoms. The van der Waals surface area contributed by atoms with E-state index in [0.29, 0.717) is 11.8 Å². The summed E-state index contributed by atoms with van der Waals surface area (Å²) in [6.45, 7) is 6.16. The summed E-state index contributed by atoms with van der Waals surface area (Å²) < 4.78 is 43.3. The Labute approximate surface area is 223 Å². The third-order valence-corrected chi connectivity index (χ3v) is 6.90. The minimum atomic E-state index is -5.08. The van der Waals surface area contributed by atoms with E-state index in [1.807, 2.05) is 24.3 Å². The van der Waals surface area contributed by atoms with Gasteiger partial charge in [-0.2, -0.15) is 13.2 Å². The van der Waals surface area contributed by atoms with Crippen LogP contribution in [0, 0.1) is 11.8 Å². The van der Waals surface area contributed by atoms with Crippen LogP contribution < -0.4 is 16.2 Å². The molecule has 1 aromatic heterocycles. The maximum absolute atomic E-state index is 12.8. The maximum atomic E-state index is 12.8. The fourth-order valence-electron chi connectivity index (χ4n) is 5.04. The van der Waals surface area contributed by atoms with Crippen molar-refractivity contribution in [3.8, 4) is 5.75 Å². The van der Waals surface area contributed by atoms with Gasteiger partial charge in [-0.05, 0) is 55.5 Å². The molecular formula is C26H32F3N5O5. The number of carbonyl (C=O) groups excluding carboxylic acids is 1. The summed E-state index contributed by atoms with van der Waals surface area (Å²) in [5, 5.41) is 8.05. The first-order valence-corrected chi connectivity index (χ1v) is 12.3. The number of carboxylic acid groups (broad SMARTS) is 1. The summed E-state index contributed by atoms with van der Waals surface area (Å²) in [4.78, 5) is 32.5. The molecule has 5 N–H and O–H groups in total. The van der Waals surface area contributed by atoms with Gasteiger partial charge in [-0.25, -0.2) is 4.79 Å². The Morgan fingerprint density at radius 2 is 2.05 bits per heavy atom. The van der Waals surface area contributed by atoms with Gasteiger partial charge in [-0.15, -0.1) is 6.58 Å². The second-order valence-electron chi connectivity index (χ2n) is 9.30. The summed E-state index contributed by atoms with van der Waals surface area (Å²) in [7, 11) is 1.64. The number of nitrogens with two attached hydrogens (primary N) is 2. The van der Waals surface area contributed by atoms with Crippen molar-refractivity contribution in [2.24, 2.45) is 28.3 Å². The highest BCUT2D eigenvalue weighted by Crippen LogP contribution is 2.43. The van der Waals surface area contributed by atoms with Crippen molar-refractivity contribution in [2.75, 3.05) is 26.7 Å². The molecule has 39 heavy (non-hydrogen) atoms. The number of alkyl halides is 3. The van der Waals surface area contributed by atoms with Crippen LogP contribution in [0.15, 0.2) is 48.1 Å². The highest BCUT2D eigenvalue weighted by Gasteiger charge is 2.44. The third kappa shape index (κ3) is 7.59. The summed E-state index contributed by atoms with van der Waals surface area (Å²) in [5.74, 6) is -1.35. The number of fused-ring (bicyclic) bond motifs is 4. The van der Waals surface area contributed by atoms with Crippen molar-refractivity contribution in [3.63, 3.8) is 0 Å². The standard InChI is InChI=1S/C24H31N5O3.C2HF3O2/c1-3-15-14-29-11-8-16(15)12-21(29)23(32-22(30)7-10-28-24(25)26)18-6-9-27-20-5-4-17(31-2)13-19(18)20;3-2(4,5)1(6)7/h3-6,9,13,15-16,21,23H,1,7-8,10-12,14H2,2H3,(H4,25,26,28);(H,6,7)/t15-,16+,21+,23-;/m1./s1. The van der Waals surface area contributed by atoms with Gasteiger partial charge in [0.2, 0.25) is 0 Å². The van der Waals surface area contributed by atoms with E-state index in [1.54, 1.807) is 13.3 Å². The fourth-order valence-corrected chi connectivity index (χ4v) is 5.04. The first-order chi connectivity index (χ1) is 18.4. The van der Waals surface area contributed by atoms with Crippen molar-refractivity contribution in [1.82, 2.24) is 9.88 Å². The van der Waals surface area contributed by atoms with Gasteiger partial charge >= 0.3 is 18.1 Å². The quantitative estimate of drug-likeness (QED) is 0.194. The number of guanidine groups is 1. The molecule has 212 valence electrons. The number of aliphatic carboxylic acids is 1. The molecule has 5 atom stereocenters. The molecule has 13 heteroatoms. The van der Waals surface area contributed by atoms with Crippen LogP contribution in [0.25, 0.3) is 10.9 Å². The van der Waals surface area contributed by atoms with E-state index in [-0.39, 0.29) is 30.9 Å². The summed E-state index contributed by atoms with van der Waals surface area (Å²) in [6.07, 6.45) is 0.544. The molecule has 10 nitrogen and oxygen atoms in total. The summed E-state index contributed by atoms with van der Waals surface area (Å²) in [5.41, 5.74) is 12.6. The number of benzene rings is 1. The van der Waals surface area contributed by atoms with Gasteiger partial charge in [-0.1, -0.05) is 6.08 Å². The number of nitrogens with zero attached hydrogens (tertiary/aromatic N) is 3. The lowest BCUT2D eigenvalue weighted by atomic mass is 9.73. The largest absolute Gasteiger partial charge is 0.497 e. The topological polar surface area (TPSA) is 153 Å². The van der Waals surface area contributed by atoms with E-state index in [0.717, 1.165) is 48.1 Å². The Kier molecular flexibility index (Phi) is 9.73. The summed E-state index contributed by atoms with van der Waals surface area (Å²) in [6, 6.07) is 7.81. The highest BCUT2D eigenvalue weighted by molar-refractivity contribution is 5.84. The fraction of sp³-hybridized carbons (Fsp3) is 0.462. The number of hydrogen-bond acceptors (Lipinski definition) is 7. The zero-order valence-corrected chi connectivity index (χ0v) is 21.4. The van der Waals surface area contributed by atoms with Crippen LogP contribution in [0.5, 0.6) is 5.75 Å². The predicted molar refractivity (Wildman–Crippen MR) is 138 cm³/mol. The monoisotopic (exact) mass is 551 g/mol. The van der Waals surface area contributed by atoms with Gasteiger partial charge in [0.15, 0.2) is 5.96 Å². The number of piperidine rings is 3. The Morgan fingerprint density at radius 1 is 1.33 bits per heavy atom. The molecule has 3 saturated heterocycles. The molecule has 0 spiro atoms. The van der Waals surface area contributed by atoms with Crippen molar-refractivity contribution >= 4 is 28.8 Å². The lowest BCUT2D eigenvalue weighted by molar-refractivity contribution is -0.192. The normalized spacial score (nSPS) is 22.7. The average molecular weight is 552 g/mol. The average Bonchev–Trinajstić information content (AvgIpc) is 2.91. The lowest BCUT2D eigenvalue weighted by Gasteiger charge is -2.51. The number of aliphatic imine (C=N–C) groups is 1. The van der Waals surface area contributed by atoms with Gasteiger partial charge in [0.05, 0.1) is 31.6 Å². The van der Waals surface area contributed by atoms with Gasteiger partial charge in [0.1, 0.15) is 11.9 Å². The summed E-state index contributed by atoms with van der Waals surface area (Å²) >= 11 is 0. The SMILES string of the molecule is C=C[C@@H]1CN2CC[C@H]1C[C@H]2[C@H](OC(=O)CCN=C(N)N)c1ccnc2ccc(OC)cc12.O=C(O)C(F)(F)F. The molecule has 4 heterocycles. The van der Waals surface area contributed by atoms with Gasteiger partial charge in [0.25, 0.3) is 0 Å². The number of aromatic nitrogens is 1. The molecular weight excluding hydrogens is 519 g/mol. The zero-order valence-electron chi connectivity index (χ0n) is 21.4. The number of esters is 1. The number of methoxy groups -OCH3 is 1. The van der Waals surface area contributed by atoms with Crippen LogP contribution in [0.1, 0.15) is 30.9 Å². The van der Waals surface area contributed by atoms with Crippen LogP contribution in [-0.2, 0) is 14.3 Å². The van der Waals surface area contributed by atoms with E-state index in [9.17, 15) is 18.0 Å². The van der Waals surface area contributed by atoms with Crippen LogP contribution in [0.4, 0.5) is 13.2 Å². The highest BCUT2D eigenvalue weighted by atomic mass is 19.4. The minimum Gasteiger partial charge on any atom is -0.497 e. The van der Waals surface area contributed by atoms with Crippen LogP contribution in [-0.4, -0.2) is 71.9 Å². The molecule has 5 rings (SSSR count). The van der Waals surface area contributed by atoms with Crippen LogP contribution in [0.2, 0.25) is 0 Å². The van der Waals surface area contributed by atoms with Gasteiger partial charge in [-0.3, -0.25) is 19.7 Å². The van der Waals surface area contributed by atoms with E-state index >= 15 is 0 Å². The molecule has 2 aromatic rings. The van der Waals surface area contributed by atoms with E-state index in [2.05, 4.69) is 27.5 Å². The molecule has 0 radical (unpaired) electrons. The number of rotatable bonds is 8.